The van der Waals surface area contributed by atoms with Crippen molar-refractivity contribution in [1.29, 1.82) is 0 Å². The summed E-state index contributed by atoms with van der Waals surface area (Å²) in [4.78, 5) is 0. The number of tetrazole rings is 1. The highest BCUT2D eigenvalue weighted by atomic mass is 15.5. The summed E-state index contributed by atoms with van der Waals surface area (Å²) in [5, 5.41) is 11.9. The van der Waals surface area contributed by atoms with E-state index >= 15 is 0 Å². The maximum atomic E-state index is 5.50. The van der Waals surface area contributed by atoms with E-state index in [4.69, 9.17) is 5.73 Å². The second-order valence-electron chi connectivity index (χ2n) is 5.00. The highest BCUT2D eigenvalue weighted by Crippen LogP contribution is 2.20. The van der Waals surface area contributed by atoms with Gasteiger partial charge < -0.3 is 5.73 Å². The predicted molar refractivity (Wildman–Crippen MR) is 75.6 cm³/mol. The summed E-state index contributed by atoms with van der Waals surface area (Å²) in [5.74, 6) is 1.36. The van der Waals surface area contributed by atoms with Crippen LogP contribution in [0.1, 0.15) is 38.2 Å². The molecule has 1 heterocycles. The second-order valence-corrected chi connectivity index (χ2v) is 5.00. The summed E-state index contributed by atoms with van der Waals surface area (Å²) >= 11 is 0. The molecule has 0 unspecified atom stereocenters. The van der Waals surface area contributed by atoms with Crippen LogP contribution in [0.15, 0.2) is 24.3 Å². The molecule has 2 N–H and O–H groups in total. The van der Waals surface area contributed by atoms with E-state index in [0.29, 0.717) is 12.5 Å². The first kappa shape index (κ1) is 13.7. The van der Waals surface area contributed by atoms with Crippen LogP contribution in [0, 0.1) is 0 Å². The number of hydrogen-bond donors (Lipinski definition) is 1. The molecule has 5 nitrogen and oxygen atoms in total. The smallest absolute Gasteiger partial charge is 0.182 e. The highest BCUT2D eigenvalue weighted by molar-refractivity contribution is 5.55. The third kappa shape index (κ3) is 3.38. The number of benzene rings is 1. The number of aryl methyl sites for hydroxylation is 1. The highest BCUT2D eigenvalue weighted by Gasteiger charge is 2.09. The van der Waals surface area contributed by atoms with E-state index in [1.807, 2.05) is 4.68 Å². The molecule has 2 aromatic rings. The number of aromatic nitrogens is 4. The van der Waals surface area contributed by atoms with E-state index in [-0.39, 0.29) is 0 Å². The summed E-state index contributed by atoms with van der Waals surface area (Å²) in [7, 11) is 0. The Morgan fingerprint density at radius 3 is 2.53 bits per heavy atom. The Morgan fingerprint density at radius 2 is 1.89 bits per heavy atom. The Bertz CT molecular complexity index is 501. The van der Waals surface area contributed by atoms with Gasteiger partial charge in [0.2, 0.25) is 0 Å². The van der Waals surface area contributed by atoms with E-state index in [1.165, 1.54) is 5.56 Å². The van der Waals surface area contributed by atoms with Gasteiger partial charge in [-0.1, -0.05) is 38.1 Å². The average Bonchev–Trinajstić information content (AvgIpc) is 2.87. The average molecular weight is 259 g/mol. The molecule has 5 heteroatoms. The van der Waals surface area contributed by atoms with Crippen molar-refractivity contribution in [3.8, 4) is 11.4 Å². The fourth-order valence-corrected chi connectivity index (χ4v) is 1.99. The summed E-state index contributed by atoms with van der Waals surface area (Å²) < 4.78 is 1.85. The van der Waals surface area contributed by atoms with Gasteiger partial charge in [-0.3, -0.25) is 0 Å². The molecule has 0 radical (unpaired) electrons. The van der Waals surface area contributed by atoms with Gasteiger partial charge in [0.05, 0.1) is 0 Å². The molecule has 1 aromatic heterocycles. The number of unbranched alkanes of at least 4 members (excludes halogenated alkanes) is 1. The van der Waals surface area contributed by atoms with Crippen LogP contribution in [0.3, 0.4) is 0 Å². The van der Waals surface area contributed by atoms with Crippen molar-refractivity contribution in [2.24, 2.45) is 5.73 Å². The molecule has 2 rings (SSSR count). The van der Waals surface area contributed by atoms with Gasteiger partial charge in [0.1, 0.15) is 0 Å². The zero-order valence-corrected chi connectivity index (χ0v) is 11.6. The van der Waals surface area contributed by atoms with Gasteiger partial charge >= 0.3 is 0 Å². The van der Waals surface area contributed by atoms with Gasteiger partial charge in [-0.25, -0.2) is 4.68 Å². The Hall–Kier alpha value is -1.75. The minimum Gasteiger partial charge on any atom is -0.330 e. The van der Waals surface area contributed by atoms with Crippen molar-refractivity contribution in [1.82, 2.24) is 20.2 Å². The topological polar surface area (TPSA) is 69.6 Å². The van der Waals surface area contributed by atoms with E-state index < -0.39 is 0 Å². The summed E-state index contributed by atoms with van der Waals surface area (Å²) in [6.45, 7) is 5.89. The van der Waals surface area contributed by atoms with E-state index in [1.54, 1.807) is 0 Å². The standard InChI is InChI=1S/C14H21N5/c1-11(2)12-5-7-13(8-6-12)14-16-17-18-19(14)10-4-3-9-15/h5-8,11H,3-4,9-10,15H2,1-2H3. The molecule has 0 spiro atoms. The van der Waals surface area contributed by atoms with Crippen LogP contribution in [-0.2, 0) is 6.54 Å². The summed E-state index contributed by atoms with van der Waals surface area (Å²) in [5.41, 5.74) is 7.88. The first-order chi connectivity index (χ1) is 9.22. The largest absolute Gasteiger partial charge is 0.330 e. The van der Waals surface area contributed by atoms with Crippen LogP contribution in [0.2, 0.25) is 0 Å². The minimum atomic E-state index is 0.537. The van der Waals surface area contributed by atoms with Crippen molar-refractivity contribution < 1.29 is 0 Å². The lowest BCUT2D eigenvalue weighted by Crippen LogP contribution is -2.06. The number of hydrogen-bond acceptors (Lipinski definition) is 4. The molecule has 102 valence electrons. The molecule has 0 saturated carbocycles. The van der Waals surface area contributed by atoms with Crippen molar-refractivity contribution in [3.05, 3.63) is 29.8 Å². The van der Waals surface area contributed by atoms with Crippen LogP contribution in [0.4, 0.5) is 0 Å². The lowest BCUT2D eigenvalue weighted by molar-refractivity contribution is 0.548. The van der Waals surface area contributed by atoms with Gasteiger partial charge in [-0.05, 0) is 41.3 Å². The van der Waals surface area contributed by atoms with Crippen molar-refractivity contribution >= 4 is 0 Å². The monoisotopic (exact) mass is 259 g/mol. The molecular formula is C14H21N5. The minimum absolute atomic E-state index is 0.537. The molecule has 19 heavy (non-hydrogen) atoms. The van der Waals surface area contributed by atoms with E-state index in [9.17, 15) is 0 Å². The third-order valence-electron chi connectivity index (χ3n) is 3.19. The predicted octanol–water partition coefficient (Wildman–Crippen LogP) is 2.20. The lowest BCUT2D eigenvalue weighted by atomic mass is 10.0. The van der Waals surface area contributed by atoms with Crippen LogP contribution >= 0.6 is 0 Å². The molecule has 0 amide bonds. The zero-order valence-electron chi connectivity index (χ0n) is 11.6. The molecule has 0 saturated heterocycles. The molecule has 0 atom stereocenters. The number of rotatable bonds is 6. The number of nitrogens with two attached hydrogens (primary N) is 1. The van der Waals surface area contributed by atoms with Crippen molar-refractivity contribution in [2.75, 3.05) is 6.54 Å². The van der Waals surface area contributed by atoms with Gasteiger partial charge in [0.15, 0.2) is 5.82 Å². The maximum Gasteiger partial charge on any atom is 0.182 e. The van der Waals surface area contributed by atoms with Gasteiger partial charge in [0.25, 0.3) is 0 Å². The first-order valence-corrected chi connectivity index (χ1v) is 6.79. The van der Waals surface area contributed by atoms with Crippen LogP contribution < -0.4 is 5.73 Å². The molecule has 0 fully saturated rings. The Morgan fingerprint density at radius 1 is 1.16 bits per heavy atom. The van der Waals surface area contributed by atoms with Crippen LogP contribution in [0.25, 0.3) is 11.4 Å². The third-order valence-corrected chi connectivity index (χ3v) is 3.19. The maximum absolute atomic E-state index is 5.50. The first-order valence-electron chi connectivity index (χ1n) is 6.79. The molecular weight excluding hydrogens is 238 g/mol. The van der Waals surface area contributed by atoms with E-state index in [2.05, 4.69) is 53.6 Å². The van der Waals surface area contributed by atoms with Crippen molar-refractivity contribution in [2.45, 2.75) is 39.2 Å². The molecule has 1 aromatic carbocycles. The van der Waals surface area contributed by atoms with Crippen LogP contribution in [-0.4, -0.2) is 26.8 Å². The van der Waals surface area contributed by atoms with Gasteiger partial charge in [0, 0.05) is 12.1 Å². The lowest BCUT2D eigenvalue weighted by Gasteiger charge is -2.07. The van der Waals surface area contributed by atoms with Gasteiger partial charge in [-0.15, -0.1) is 5.10 Å². The zero-order chi connectivity index (χ0) is 13.7. The second kappa shape index (κ2) is 6.43. The SMILES string of the molecule is CC(C)c1ccc(-c2nnnn2CCCCN)cc1. The fourth-order valence-electron chi connectivity index (χ4n) is 1.99. The Labute approximate surface area is 113 Å². The molecule has 0 aliphatic carbocycles. The molecule has 0 aliphatic heterocycles. The summed E-state index contributed by atoms with van der Waals surface area (Å²) in [6, 6.07) is 8.44. The Balaban J connectivity index is 2.15. The Kier molecular flexibility index (Phi) is 4.63. The summed E-state index contributed by atoms with van der Waals surface area (Å²) in [6.07, 6.45) is 1.99. The fraction of sp³-hybridized carbons (Fsp3) is 0.500. The normalized spacial score (nSPS) is 11.2. The van der Waals surface area contributed by atoms with Crippen molar-refractivity contribution in [3.63, 3.8) is 0 Å². The van der Waals surface area contributed by atoms with Gasteiger partial charge in [-0.2, -0.15) is 0 Å². The quantitative estimate of drug-likeness (QED) is 0.807. The molecule has 0 aliphatic rings. The van der Waals surface area contributed by atoms with E-state index in [0.717, 1.165) is 30.8 Å². The number of nitrogens with zero attached hydrogens (tertiary/aromatic N) is 4. The molecule has 0 bridgehead atoms. The van der Waals surface area contributed by atoms with Crippen LogP contribution in [0.5, 0.6) is 0 Å².